The third-order valence-electron chi connectivity index (χ3n) is 5.49. The third-order valence-corrected chi connectivity index (χ3v) is 5.49. The van der Waals surface area contributed by atoms with Crippen LogP contribution < -0.4 is 5.32 Å². The summed E-state index contributed by atoms with van der Waals surface area (Å²) in [5.41, 5.74) is 0. The van der Waals surface area contributed by atoms with Gasteiger partial charge in [0.15, 0.2) is 0 Å². The number of hydrogen-bond acceptors (Lipinski definition) is 3. The van der Waals surface area contributed by atoms with Crippen molar-refractivity contribution >= 4 is 12.0 Å². The number of carbonyl (C=O) groups excluding carboxylic acids is 1. The molecule has 3 aliphatic heterocycles. The Kier molecular flexibility index (Phi) is 4.06. The maximum Gasteiger partial charge on any atom is 0.317 e. The van der Waals surface area contributed by atoms with Crippen LogP contribution in [0.25, 0.3) is 0 Å². The van der Waals surface area contributed by atoms with E-state index in [0.717, 1.165) is 12.8 Å². The molecule has 3 aliphatic rings. The fourth-order valence-corrected chi connectivity index (χ4v) is 4.15. The van der Waals surface area contributed by atoms with Gasteiger partial charge in [0.25, 0.3) is 0 Å². The van der Waals surface area contributed by atoms with Crippen molar-refractivity contribution in [2.24, 2.45) is 5.92 Å². The van der Waals surface area contributed by atoms with Crippen molar-refractivity contribution in [3.8, 4) is 0 Å². The second-order valence-corrected chi connectivity index (χ2v) is 6.79. The number of nitrogens with zero attached hydrogens (tertiary/aromatic N) is 2. The second-order valence-electron chi connectivity index (χ2n) is 6.79. The quantitative estimate of drug-likeness (QED) is 0.800. The molecule has 0 aromatic rings. The number of carboxylic acid groups (broad SMARTS) is 1. The van der Waals surface area contributed by atoms with Crippen LogP contribution in [0.3, 0.4) is 0 Å². The highest BCUT2D eigenvalue weighted by Gasteiger charge is 2.38. The van der Waals surface area contributed by atoms with E-state index >= 15 is 0 Å². The van der Waals surface area contributed by atoms with E-state index in [0.29, 0.717) is 31.6 Å². The molecule has 2 amide bonds. The van der Waals surface area contributed by atoms with Crippen LogP contribution in [0.1, 0.15) is 38.5 Å². The number of amides is 2. The molecular formula is C15H25N3O3. The number of nitrogens with one attached hydrogen (secondary N) is 1. The van der Waals surface area contributed by atoms with Crippen molar-refractivity contribution in [3.05, 3.63) is 0 Å². The Morgan fingerprint density at radius 2 is 1.81 bits per heavy atom. The van der Waals surface area contributed by atoms with Gasteiger partial charge in [-0.25, -0.2) is 4.79 Å². The van der Waals surface area contributed by atoms with E-state index in [9.17, 15) is 9.59 Å². The summed E-state index contributed by atoms with van der Waals surface area (Å²) < 4.78 is 0. The Bertz CT molecular complexity index is 414. The zero-order valence-electron chi connectivity index (χ0n) is 12.6. The molecule has 3 atom stereocenters. The molecule has 0 spiro atoms. The van der Waals surface area contributed by atoms with Gasteiger partial charge in [0.2, 0.25) is 0 Å². The number of carbonyl (C=O) groups is 2. The predicted molar refractivity (Wildman–Crippen MR) is 78.1 cm³/mol. The van der Waals surface area contributed by atoms with Crippen molar-refractivity contribution in [1.29, 1.82) is 0 Å². The number of piperidine rings is 2. The summed E-state index contributed by atoms with van der Waals surface area (Å²) in [6, 6.07) is 1.35. The molecule has 3 heterocycles. The lowest BCUT2D eigenvalue weighted by Gasteiger charge is -2.47. The Hall–Kier alpha value is -1.30. The maximum atomic E-state index is 12.3. The van der Waals surface area contributed by atoms with Crippen LogP contribution in [-0.4, -0.2) is 65.2 Å². The fourth-order valence-electron chi connectivity index (χ4n) is 4.15. The van der Waals surface area contributed by atoms with Gasteiger partial charge < -0.3 is 20.2 Å². The second kappa shape index (κ2) is 5.83. The molecule has 0 saturated carbocycles. The number of urea groups is 1. The predicted octanol–water partition coefficient (Wildman–Crippen LogP) is 1.12. The van der Waals surface area contributed by atoms with Gasteiger partial charge >= 0.3 is 12.0 Å². The van der Waals surface area contributed by atoms with E-state index in [4.69, 9.17) is 5.11 Å². The molecular weight excluding hydrogens is 270 g/mol. The standard InChI is InChI=1S/C15H25N3O3/c1-17-12-3-2-4-13(17)8-11(7-12)16-15(21)18-6-5-10(9-18)14(19)20/h10-13H,2-9H2,1H3,(H,16,21)(H,19,20). The first kappa shape index (κ1) is 14.6. The summed E-state index contributed by atoms with van der Waals surface area (Å²) >= 11 is 0. The fraction of sp³-hybridized carbons (Fsp3) is 0.867. The Morgan fingerprint density at radius 1 is 1.14 bits per heavy atom. The summed E-state index contributed by atoms with van der Waals surface area (Å²) in [7, 11) is 2.20. The Labute approximate surface area is 125 Å². The number of hydrogen-bond donors (Lipinski definition) is 2. The average Bonchev–Trinajstić information content (AvgIpc) is 2.90. The molecule has 0 aliphatic carbocycles. The molecule has 2 bridgehead atoms. The summed E-state index contributed by atoms with van der Waals surface area (Å²) in [4.78, 5) is 27.4. The van der Waals surface area contributed by atoms with Crippen LogP contribution in [0.15, 0.2) is 0 Å². The highest BCUT2D eigenvalue weighted by Crippen LogP contribution is 2.32. The lowest BCUT2D eigenvalue weighted by Crippen LogP contribution is -2.56. The molecule has 6 nitrogen and oxygen atoms in total. The minimum atomic E-state index is -0.792. The molecule has 0 radical (unpaired) electrons. The highest BCUT2D eigenvalue weighted by atomic mass is 16.4. The first-order valence-electron chi connectivity index (χ1n) is 8.04. The molecule has 6 heteroatoms. The van der Waals surface area contributed by atoms with Gasteiger partial charge in [-0.1, -0.05) is 6.42 Å². The van der Waals surface area contributed by atoms with Crippen LogP contribution in [0.5, 0.6) is 0 Å². The average molecular weight is 295 g/mol. The van der Waals surface area contributed by atoms with E-state index in [2.05, 4.69) is 17.3 Å². The van der Waals surface area contributed by atoms with Crippen molar-refractivity contribution in [2.75, 3.05) is 20.1 Å². The van der Waals surface area contributed by atoms with E-state index < -0.39 is 11.9 Å². The van der Waals surface area contributed by atoms with Crippen molar-refractivity contribution < 1.29 is 14.7 Å². The smallest absolute Gasteiger partial charge is 0.317 e. The van der Waals surface area contributed by atoms with Gasteiger partial charge in [-0.2, -0.15) is 0 Å². The van der Waals surface area contributed by atoms with Gasteiger partial charge in [0.1, 0.15) is 0 Å². The van der Waals surface area contributed by atoms with Gasteiger partial charge in [0, 0.05) is 31.2 Å². The van der Waals surface area contributed by atoms with Gasteiger partial charge in [-0.05, 0) is 39.2 Å². The molecule has 118 valence electrons. The SMILES string of the molecule is CN1C2CCCC1CC(NC(=O)N1CCC(C(=O)O)C1)C2. The molecule has 0 aromatic heterocycles. The normalized spacial score (nSPS) is 36.5. The first-order valence-corrected chi connectivity index (χ1v) is 8.04. The number of aliphatic carboxylic acids is 1. The van der Waals surface area contributed by atoms with E-state index in [-0.39, 0.29) is 12.1 Å². The zero-order chi connectivity index (χ0) is 15.0. The van der Waals surface area contributed by atoms with Gasteiger partial charge in [0.05, 0.1) is 5.92 Å². The molecule has 3 rings (SSSR count). The molecule has 3 unspecified atom stereocenters. The topological polar surface area (TPSA) is 72.9 Å². The molecule has 3 saturated heterocycles. The summed E-state index contributed by atoms with van der Waals surface area (Å²) in [6.45, 7) is 0.906. The lowest BCUT2D eigenvalue weighted by molar-refractivity contribution is -0.141. The minimum Gasteiger partial charge on any atom is -0.481 e. The van der Waals surface area contributed by atoms with E-state index in [1.54, 1.807) is 4.90 Å². The molecule has 0 aromatic carbocycles. The summed E-state index contributed by atoms with van der Waals surface area (Å²) in [5, 5.41) is 12.1. The van der Waals surface area contributed by atoms with E-state index in [1.807, 2.05) is 0 Å². The minimum absolute atomic E-state index is 0.0774. The van der Waals surface area contributed by atoms with E-state index in [1.165, 1.54) is 19.3 Å². The summed E-state index contributed by atoms with van der Waals surface area (Å²) in [6.07, 6.45) is 6.37. The monoisotopic (exact) mass is 295 g/mol. The number of fused-ring (bicyclic) bond motifs is 2. The van der Waals surface area contributed by atoms with Crippen LogP contribution in [-0.2, 0) is 4.79 Å². The molecule has 3 fully saturated rings. The number of likely N-dealkylation sites (tertiary alicyclic amines) is 1. The van der Waals surface area contributed by atoms with Crippen molar-refractivity contribution in [3.63, 3.8) is 0 Å². The third kappa shape index (κ3) is 3.00. The molecule has 2 N–H and O–H groups in total. The van der Waals surface area contributed by atoms with Gasteiger partial charge in [-0.3, -0.25) is 4.79 Å². The van der Waals surface area contributed by atoms with Crippen LogP contribution in [0.2, 0.25) is 0 Å². The van der Waals surface area contributed by atoms with Crippen molar-refractivity contribution in [2.45, 2.75) is 56.7 Å². The number of carboxylic acids is 1. The highest BCUT2D eigenvalue weighted by molar-refractivity contribution is 5.77. The Morgan fingerprint density at radius 3 is 2.38 bits per heavy atom. The zero-order valence-corrected chi connectivity index (χ0v) is 12.6. The van der Waals surface area contributed by atoms with Crippen LogP contribution in [0, 0.1) is 5.92 Å². The Balaban J connectivity index is 1.53. The van der Waals surface area contributed by atoms with Crippen LogP contribution in [0.4, 0.5) is 4.79 Å². The maximum absolute atomic E-state index is 12.3. The van der Waals surface area contributed by atoms with Gasteiger partial charge in [-0.15, -0.1) is 0 Å². The van der Waals surface area contributed by atoms with Crippen LogP contribution >= 0.6 is 0 Å². The number of rotatable bonds is 2. The largest absolute Gasteiger partial charge is 0.481 e. The summed E-state index contributed by atoms with van der Waals surface area (Å²) in [5.74, 6) is -1.19. The van der Waals surface area contributed by atoms with Crippen molar-refractivity contribution in [1.82, 2.24) is 15.1 Å². The first-order chi connectivity index (χ1) is 10.0. The lowest BCUT2D eigenvalue weighted by atomic mass is 9.82. The molecule has 21 heavy (non-hydrogen) atoms.